The summed E-state index contributed by atoms with van der Waals surface area (Å²) in [6, 6.07) is 0. The van der Waals surface area contributed by atoms with Crippen LogP contribution in [-0.2, 0) is 14.3 Å². The van der Waals surface area contributed by atoms with Gasteiger partial charge in [0.25, 0.3) is 0 Å². The fourth-order valence-electron chi connectivity index (χ4n) is 1.02. The van der Waals surface area contributed by atoms with Crippen molar-refractivity contribution in [2.24, 2.45) is 11.8 Å². The summed E-state index contributed by atoms with van der Waals surface area (Å²) in [5.74, 6) is -0.162. The third-order valence-electron chi connectivity index (χ3n) is 1.81. The molecule has 1 amide bonds. The van der Waals surface area contributed by atoms with Crippen LogP contribution in [0, 0.1) is 11.8 Å². The Kier molecular flexibility index (Phi) is 5.97. The maximum absolute atomic E-state index is 11.4. The molecule has 0 aromatic rings. The molecule has 0 bridgehead atoms. The molecule has 88 valence electrons. The first-order chi connectivity index (χ1) is 6.84. The lowest BCUT2D eigenvalue weighted by atomic mass is 10.2. The van der Waals surface area contributed by atoms with Crippen molar-refractivity contribution in [1.29, 1.82) is 0 Å². The predicted molar refractivity (Wildman–Crippen MR) is 58.3 cm³/mol. The Morgan fingerprint density at radius 1 is 1.20 bits per heavy atom. The second kappa shape index (κ2) is 6.43. The number of rotatable bonds is 5. The summed E-state index contributed by atoms with van der Waals surface area (Å²) < 4.78 is 4.97. The highest BCUT2D eigenvalue weighted by molar-refractivity contribution is 5.82. The van der Waals surface area contributed by atoms with Crippen LogP contribution in [0.2, 0.25) is 0 Å². The van der Waals surface area contributed by atoms with Crippen LogP contribution in [-0.4, -0.2) is 37.0 Å². The summed E-state index contributed by atoms with van der Waals surface area (Å²) in [5.41, 5.74) is 0. The van der Waals surface area contributed by atoms with E-state index in [0.29, 0.717) is 12.5 Å². The normalized spacial score (nSPS) is 10.6. The molecule has 0 heterocycles. The minimum absolute atomic E-state index is 0.0315. The molecule has 4 nitrogen and oxygen atoms in total. The van der Waals surface area contributed by atoms with Gasteiger partial charge in [0.1, 0.15) is 6.54 Å². The van der Waals surface area contributed by atoms with Crippen molar-refractivity contribution in [2.45, 2.75) is 27.7 Å². The Balaban J connectivity index is 3.91. The van der Waals surface area contributed by atoms with Crippen molar-refractivity contribution in [2.75, 3.05) is 20.2 Å². The van der Waals surface area contributed by atoms with E-state index >= 15 is 0 Å². The summed E-state index contributed by atoms with van der Waals surface area (Å²) in [5, 5.41) is 0. The van der Waals surface area contributed by atoms with E-state index in [4.69, 9.17) is 4.74 Å². The van der Waals surface area contributed by atoms with Crippen LogP contribution in [0.1, 0.15) is 27.7 Å². The first kappa shape index (κ1) is 13.9. The van der Waals surface area contributed by atoms with Gasteiger partial charge in [0, 0.05) is 13.0 Å². The third-order valence-corrected chi connectivity index (χ3v) is 1.81. The van der Waals surface area contributed by atoms with E-state index < -0.39 is 0 Å². The van der Waals surface area contributed by atoms with Crippen molar-refractivity contribution in [3.05, 3.63) is 0 Å². The molecule has 0 aromatic carbocycles. The molecular formula is C11H21NO3. The highest BCUT2D eigenvalue weighted by atomic mass is 16.5. The molecule has 0 saturated carbocycles. The van der Waals surface area contributed by atoms with Crippen LogP contribution in [0.5, 0.6) is 0 Å². The molecule has 0 rings (SSSR count). The minimum atomic E-state index is -0.347. The van der Waals surface area contributed by atoms with Crippen LogP contribution < -0.4 is 0 Å². The molecular weight excluding hydrogens is 194 g/mol. The van der Waals surface area contributed by atoms with Gasteiger partial charge < -0.3 is 9.64 Å². The summed E-state index contributed by atoms with van der Waals surface area (Å²) in [4.78, 5) is 24.1. The summed E-state index contributed by atoms with van der Waals surface area (Å²) >= 11 is 0. The first-order valence-corrected chi connectivity index (χ1v) is 5.25. The van der Waals surface area contributed by atoms with Crippen molar-refractivity contribution in [1.82, 2.24) is 4.90 Å². The highest BCUT2D eigenvalue weighted by Gasteiger charge is 2.16. The standard InChI is InChI=1S/C11H21NO3/c1-8(2)7-15-10(13)6-12(5)11(14)9(3)4/h8-9H,6-7H2,1-5H3. The molecule has 0 unspecified atom stereocenters. The number of carbonyl (C=O) groups is 2. The monoisotopic (exact) mass is 215 g/mol. The Hall–Kier alpha value is -1.06. The average molecular weight is 215 g/mol. The van der Waals surface area contributed by atoms with Gasteiger partial charge in [-0.3, -0.25) is 9.59 Å². The lowest BCUT2D eigenvalue weighted by Gasteiger charge is -2.18. The van der Waals surface area contributed by atoms with Crippen molar-refractivity contribution >= 4 is 11.9 Å². The maximum atomic E-state index is 11.4. The quantitative estimate of drug-likeness (QED) is 0.649. The highest BCUT2D eigenvalue weighted by Crippen LogP contribution is 2.00. The van der Waals surface area contributed by atoms with Gasteiger partial charge in [0.2, 0.25) is 5.91 Å². The van der Waals surface area contributed by atoms with E-state index in [1.165, 1.54) is 4.90 Å². The Morgan fingerprint density at radius 2 is 1.73 bits per heavy atom. The van der Waals surface area contributed by atoms with E-state index in [9.17, 15) is 9.59 Å². The Morgan fingerprint density at radius 3 is 2.13 bits per heavy atom. The molecule has 0 aliphatic rings. The first-order valence-electron chi connectivity index (χ1n) is 5.25. The van der Waals surface area contributed by atoms with Crippen molar-refractivity contribution < 1.29 is 14.3 Å². The number of likely N-dealkylation sites (N-methyl/N-ethyl adjacent to an activating group) is 1. The van der Waals surface area contributed by atoms with Crippen LogP contribution in [0.25, 0.3) is 0 Å². The number of hydrogen-bond acceptors (Lipinski definition) is 3. The van der Waals surface area contributed by atoms with Crippen LogP contribution >= 0.6 is 0 Å². The molecule has 15 heavy (non-hydrogen) atoms. The summed E-state index contributed by atoms with van der Waals surface area (Å²) in [6.07, 6.45) is 0. The number of ether oxygens (including phenoxy) is 1. The van der Waals surface area contributed by atoms with Crippen LogP contribution in [0.15, 0.2) is 0 Å². The average Bonchev–Trinajstić information content (AvgIpc) is 2.13. The molecule has 0 radical (unpaired) electrons. The maximum Gasteiger partial charge on any atom is 0.325 e. The van der Waals surface area contributed by atoms with E-state index in [2.05, 4.69) is 0 Å². The lowest BCUT2D eigenvalue weighted by molar-refractivity contribution is -0.150. The lowest BCUT2D eigenvalue weighted by Crippen LogP contribution is -2.35. The van der Waals surface area contributed by atoms with E-state index in [0.717, 1.165) is 0 Å². The molecule has 0 N–H and O–H groups in total. The van der Waals surface area contributed by atoms with E-state index in [1.807, 2.05) is 13.8 Å². The molecule has 0 aliphatic carbocycles. The van der Waals surface area contributed by atoms with Gasteiger partial charge in [0.15, 0.2) is 0 Å². The number of amides is 1. The second-order valence-electron chi connectivity index (χ2n) is 4.43. The van der Waals surface area contributed by atoms with E-state index in [-0.39, 0.29) is 24.3 Å². The number of carbonyl (C=O) groups excluding carboxylic acids is 2. The topological polar surface area (TPSA) is 46.6 Å². The fourth-order valence-corrected chi connectivity index (χ4v) is 1.02. The predicted octanol–water partition coefficient (Wildman–Crippen LogP) is 1.30. The zero-order valence-corrected chi connectivity index (χ0v) is 10.2. The zero-order chi connectivity index (χ0) is 12.0. The summed E-state index contributed by atoms with van der Waals surface area (Å²) in [6.45, 7) is 7.98. The molecule has 0 aromatic heterocycles. The number of hydrogen-bond donors (Lipinski definition) is 0. The molecule has 0 aliphatic heterocycles. The third kappa shape index (κ3) is 6.10. The molecule has 4 heteroatoms. The molecule has 0 spiro atoms. The van der Waals surface area contributed by atoms with Crippen LogP contribution in [0.4, 0.5) is 0 Å². The van der Waals surface area contributed by atoms with Crippen LogP contribution in [0.3, 0.4) is 0 Å². The van der Waals surface area contributed by atoms with Gasteiger partial charge in [-0.05, 0) is 5.92 Å². The SMILES string of the molecule is CC(C)COC(=O)CN(C)C(=O)C(C)C. The van der Waals surface area contributed by atoms with Gasteiger partial charge in [-0.2, -0.15) is 0 Å². The largest absolute Gasteiger partial charge is 0.464 e. The Labute approximate surface area is 91.6 Å². The zero-order valence-electron chi connectivity index (χ0n) is 10.2. The van der Waals surface area contributed by atoms with Crippen molar-refractivity contribution in [3.8, 4) is 0 Å². The van der Waals surface area contributed by atoms with Gasteiger partial charge in [0.05, 0.1) is 6.61 Å². The fraction of sp³-hybridized carbons (Fsp3) is 0.818. The smallest absolute Gasteiger partial charge is 0.325 e. The van der Waals surface area contributed by atoms with Gasteiger partial charge >= 0.3 is 5.97 Å². The van der Waals surface area contributed by atoms with Gasteiger partial charge in [-0.15, -0.1) is 0 Å². The van der Waals surface area contributed by atoms with Gasteiger partial charge in [-0.25, -0.2) is 0 Å². The number of nitrogens with zero attached hydrogens (tertiary/aromatic N) is 1. The molecule has 0 fully saturated rings. The van der Waals surface area contributed by atoms with E-state index in [1.54, 1.807) is 20.9 Å². The summed E-state index contributed by atoms with van der Waals surface area (Å²) in [7, 11) is 1.61. The Bertz CT molecular complexity index is 224. The van der Waals surface area contributed by atoms with Crippen molar-refractivity contribution in [3.63, 3.8) is 0 Å². The number of esters is 1. The minimum Gasteiger partial charge on any atom is -0.464 e. The molecule has 0 saturated heterocycles. The van der Waals surface area contributed by atoms with Gasteiger partial charge in [-0.1, -0.05) is 27.7 Å². The second-order valence-corrected chi connectivity index (χ2v) is 4.43. The molecule has 0 atom stereocenters.